The van der Waals surface area contributed by atoms with Gasteiger partial charge in [-0.25, -0.2) is 4.68 Å². The fourth-order valence-corrected chi connectivity index (χ4v) is 1.98. The molecule has 0 bridgehead atoms. The molecule has 0 unspecified atom stereocenters. The van der Waals surface area contributed by atoms with E-state index in [9.17, 15) is 4.79 Å². The number of carbonyl (C=O) groups excluding carboxylic acids is 1. The van der Waals surface area contributed by atoms with Crippen LogP contribution >= 0.6 is 0 Å². The van der Waals surface area contributed by atoms with Crippen LogP contribution in [-0.4, -0.2) is 51.2 Å². The predicted octanol–water partition coefficient (Wildman–Crippen LogP) is -1.32. The molecule has 2 aliphatic rings. The third-order valence-corrected chi connectivity index (χ3v) is 3.33. The van der Waals surface area contributed by atoms with Gasteiger partial charge in [-0.15, -0.1) is 5.10 Å². The molecule has 0 radical (unpaired) electrons. The third-order valence-electron chi connectivity index (χ3n) is 3.33. The summed E-state index contributed by atoms with van der Waals surface area (Å²) in [5, 5.41) is 22.9. The van der Waals surface area contributed by atoms with Crippen molar-refractivity contribution in [2.75, 3.05) is 13.1 Å². The predicted molar refractivity (Wildman–Crippen MR) is 58.4 cm³/mol. The number of nitrogens with zero attached hydrogens (tertiary/aromatic N) is 3. The van der Waals surface area contributed by atoms with Crippen LogP contribution in [-0.2, 0) is 0 Å². The fourth-order valence-electron chi connectivity index (χ4n) is 1.98. The van der Waals surface area contributed by atoms with Crippen LogP contribution in [0.4, 0.5) is 0 Å². The van der Waals surface area contributed by atoms with Crippen molar-refractivity contribution in [1.82, 2.24) is 25.6 Å². The summed E-state index contributed by atoms with van der Waals surface area (Å²) in [4.78, 5) is 11.8. The van der Waals surface area contributed by atoms with Crippen LogP contribution in [0.5, 0.6) is 0 Å². The van der Waals surface area contributed by atoms with E-state index in [1.807, 2.05) is 0 Å². The summed E-state index contributed by atoms with van der Waals surface area (Å²) in [6, 6.07) is 0.391. The van der Waals surface area contributed by atoms with Gasteiger partial charge in [-0.05, 0) is 12.8 Å². The van der Waals surface area contributed by atoms with Crippen LogP contribution in [0.1, 0.15) is 29.4 Å². The smallest absolute Gasteiger partial charge is 0.273 e. The van der Waals surface area contributed by atoms with Crippen LogP contribution in [0.2, 0.25) is 0 Å². The molecular weight excluding hydrogens is 222 g/mol. The van der Waals surface area contributed by atoms with Gasteiger partial charge in [-0.1, -0.05) is 5.21 Å². The van der Waals surface area contributed by atoms with Crippen molar-refractivity contribution in [3.63, 3.8) is 0 Å². The number of nitrogens with one attached hydrogen (secondary N) is 2. The Morgan fingerprint density at radius 2 is 2.29 bits per heavy atom. The van der Waals surface area contributed by atoms with Crippen LogP contribution in [0.3, 0.4) is 0 Å². The molecule has 1 aliphatic heterocycles. The van der Waals surface area contributed by atoms with E-state index in [1.54, 1.807) is 10.9 Å². The van der Waals surface area contributed by atoms with Gasteiger partial charge in [0.05, 0.1) is 18.3 Å². The number of aliphatic hydroxyl groups excluding tert-OH is 1. The zero-order valence-electron chi connectivity index (χ0n) is 9.33. The minimum absolute atomic E-state index is 0.0769. The second-order valence-electron chi connectivity index (χ2n) is 4.69. The zero-order valence-corrected chi connectivity index (χ0v) is 9.33. The first-order valence-corrected chi connectivity index (χ1v) is 5.84. The van der Waals surface area contributed by atoms with E-state index >= 15 is 0 Å². The van der Waals surface area contributed by atoms with Crippen LogP contribution < -0.4 is 10.6 Å². The molecule has 0 aromatic carbocycles. The Morgan fingerprint density at radius 1 is 1.53 bits per heavy atom. The van der Waals surface area contributed by atoms with E-state index < -0.39 is 0 Å². The Bertz CT molecular complexity index is 422. The number of aromatic nitrogens is 3. The summed E-state index contributed by atoms with van der Waals surface area (Å²) >= 11 is 0. The Hall–Kier alpha value is -1.47. The molecule has 1 amide bonds. The molecule has 0 spiro atoms. The highest BCUT2D eigenvalue weighted by Gasteiger charge is 2.29. The molecule has 2 heterocycles. The second-order valence-corrected chi connectivity index (χ2v) is 4.69. The molecule has 1 saturated carbocycles. The van der Waals surface area contributed by atoms with Crippen molar-refractivity contribution in [1.29, 1.82) is 0 Å². The molecule has 7 nitrogen and oxygen atoms in total. The van der Waals surface area contributed by atoms with Crippen molar-refractivity contribution >= 4 is 5.91 Å². The molecule has 17 heavy (non-hydrogen) atoms. The summed E-state index contributed by atoms with van der Waals surface area (Å²) in [6.07, 6.45) is 2.67. The second kappa shape index (κ2) is 4.08. The van der Waals surface area contributed by atoms with Gasteiger partial charge in [-0.2, -0.15) is 0 Å². The standard InChI is InChI=1S/C10H15N5O2/c16-8-1-6(2-8)12-10(17)9-5-15(14-13-9)7-3-11-4-7/h5-8,11,16H,1-4H2,(H,12,17). The van der Waals surface area contributed by atoms with Crippen molar-refractivity contribution in [2.24, 2.45) is 0 Å². The lowest BCUT2D eigenvalue weighted by Gasteiger charge is -2.31. The molecule has 3 rings (SSSR count). The SMILES string of the molecule is O=C(NC1CC(O)C1)c1cn(C2CNC2)nn1. The Labute approximate surface area is 98.2 Å². The van der Waals surface area contributed by atoms with Gasteiger partial charge in [0.2, 0.25) is 0 Å². The first-order valence-electron chi connectivity index (χ1n) is 5.84. The van der Waals surface area contributed by atoms with Gasteiger partial charge in [0.25, 0.3) is 5.91 Å². The maximum atomic E-state index is 11.8. The number of carbonyl (C=O) groups is 1. The van der Waals surface area contributed by atoms with Gasteiger partial charge in [0, 0.05) is 19.1 Å². The molecule has 1 aromatic heterocycles. The Kier molecular flexibility index (Phi) is 2.56. The van der Waals surface area contributed by atoms with Crippen LogP contribution in [0, 0.1) is 0 Å². The first-order chi connectivity index (χ1) is 8.22. The summed E-state index contributed by atoms with van der Waals surface area (Å²) in [5.74, 6) is -0.208. The third kappa shape index (κ3) is 2.03. The highest BCUT2D eigenvalue weighted by Crippen LogP contribution is 2.19. The maximum Gasteiger partial charge on any atom is 0.273 e. The Morgan fingerprint density at radius 3 is 2.88 bits per heavy atom. The van der Waals surface area contributed by atoms with Crippen molar-refractivity contribution in [2.45, 2.75) is 31.0 Å². The average molecular weight is 237 g/mol. The van der Waals surface area contributed by atoms with Gasteiger partial charge >= 0.3 is 0 Å². The van der Waals surface area contributed by atoms with Gasteiger partial charge in [0.1, 0.15) is 0 Å². The maximum absolute atomic E-state index is 11.8. The Balaban J connectivity index is 1.59. The topological polar surface area (TPSA) is 92.1 Å². The summed E-state index contributed by atoms with van der Waals surface area (Å²) in [7, 11) is 0. The van der Waals surface area contributed by atoms with E-state index in [1.165, 1.54) is 0 Å². The number of amides is 1. The molecule has 7 heteroatoms. The lowest BCUT2D eigenvalue weighted by Crippen LogP contribution is -2.46. The highest BCUT2D eigenvalue weighted by molar-refractivity contribution is 5.92. The lowest BCUT2D eigenvalue weighted by atomic mass is 9.89. The normalized spacial score (nSPS) is 28.3. The first kappa shape index (κ1) is 10.7. The van der Waals surface area contributed by atoms with Gasteiger partial charge < -0.3 is 15.7 Å². The summed E-state index contributed by atoms with van der Waals surface area (Å²) < 4.78 is 1.72. The fraction of sp³-hybridized carbons (Fsp3) is 0.700. The van der Waals surface area contributed by atoms with E-state index in [4.69, 9.17) is 5.11 Å². The van der Waals surface area contributed by atoms with E-state index in [0.29, 0.717) is 24.6 Å². The van der Waals surface area contributed by atoms with Crippen molar-refractivity contribution < 1.29 is 9.90 Å². The van der Waals surface area contributed by atoms with Gasteiger partial charge in [0.15, 0.2) is 5.69 Å². The largest absolute Gasteiger partial charge is 0.393 e. The molecule has 2 fully saturated rings. The number of aliphatic hydroxyl groups is 1. The number of hydrogen-bond acceptors (Lipinski definition) is 5. The molecule has 0 atom stereocenters. The average Bonchev–Trinajstić information content (AvgIpc) is 2.61. The van der Waals surface area contributed by atoms with E-state index in [0.717, 1.165) is 13.1 Å². The number of rotatable bonds is 3. The molecule has 1 saturated heterocycles. The molecule has 92 valence electrons. The summed E-state index contributed by atoms with van der Waals surface area (Å²) in [5.41, 5.74) is 0.346. The van der Waals surface area contributed by atoms with Crippen molar-refractivity contribution in [3.05, 3.63) is 11.9 Å². The number of hydrogen-bond donors (Lipinski definition) is 3. The monoisotopic (exact) mass is 237 g/mol. The summed E-state index contributed by atoms with van der Waals surface area (Å²) in [6.45, 7) is 1.75. The quantitative estimate of drug-likeness (QED) is 0.606. The highest BCUT2D eigenvalue weighted by atomic mass is 16.3. The van der Waals surface area contributed by atoms with Crippen molar-refractivity contribution in [3.8, 4) is 0 Å². The van der Waals surface area contributed by atoms with E-state index in [2.05, 4.69) is 20.9 Å². The minimum Gasteiger partial charge on any atom is -0.393 e. The van der Waals surface area contributed by atoms with Crippen LogP contribution in [0.15, 0.2) is 6.20 Å². The minimum atomic E-state index is -0.267. The van der Waals surface area contributed by atoms with Gasteiger partial charge in [-0.3, -0.25) is 4.79 Å². The molecule has 3 N–H and O–H groups in total. The zero-order chi connectivity index (χ0) is 11.8. The molecule has 1 aliphatic carbocycles. The molecule has 1 aromatic rings. The molecular formula is C10H15N5O2. The van der Waals surface area contributed by atoms with Crippen LogP contribution in [0.25, 0.3) is 0 Å². The lowest BCUT2D eigenvalue weighted by molar-refractivity contribution is 0.0560. The van der Waals surface area contributed by atoms with E-state index in [-0.39, 0.29) is 18.1 Å².